The van der Waals surface area contributed by atoms with Gasteiger partial charge in [0.2, 0.25) is 0 Å². The van der Waals surface area contributed by atoms with E-state index in [1.807, 2.05) is 45.0 Å². The first-order valence-corrected chi connectivity index (χ1v) is 6.30. The van der Waals surface area contributed by atoms with Gasteiger partial charge in [0, 0.05) is 0 Å². The molecule has 0 radical (unpaired) electrons. The van der Waals surface area contributed by atoms with Gasteiger partial charge in [0.15, 0.2) is 5.69 Å². The molecule has 1 aromatic heterocycles. The number of carbonyl (C=O) groups excluding carboxylic acids is 1. The lowest BCUT2D eigenvalue weighted by molar-refractivity contribution is 0.0497. The molecule has 5 heteroatoms. The van der Waals surface area contributed by atoms with Crippen LogP contribution >= 0.6 is 0 Å². The minimum absolute atomic E-state index is 0.273. The van der Waals surface area contributed by atoms with E-state index in [1.54, 1.807) is 4.68 Å². The Labute approximate surface area is 112 Å². The van der Waals surface area contributed by atoms with Crippen LogP contribution in [0.15, 0.2) is 24.3 Å². The van der Waals surface area contributed by atoms with E-state index in [4.69, 9.17) is 4.74 Å². The zero-order valence-corrected chi connectivity index (χ0v) is 11.4. The van der Waals surface area contributed by atoms with Crippen LogP contribution in [0.3, 0.4) is 0 Å². The number of hydrogen-bond donors (Lipinski definition) is 0. The summed E-state index contributed by atoms with van der Waals surface area (Å²) in [5.41, 5.74) is 2.98. The number of hydrogen-bond acceptors (Lipinski definition) is 4. The van der Waals surface area contributed by atoms with Gasteiger partial charge >= 0.3 is 5.97 Å². The molecular weight excluding hydrogens is 242 g/mol. The van der Waals surface area contributed by atoms with Gasteiger partial charge in [-0.2, -0.15) is 0 Å². The minimum Gasteiger partial charge on any atom is -0.461 e. The van der Waals surface area contributed by atoms with E-state index in [1.165, 1.54) is 0 Å². The molecule has 0 atom stereocenters. The molecule has 0 aliphatic carbocycles. The third-order valence-corrected chi connectivity index (χ3v) is 2.77. The number of benzene rings is 1. The van der Waals surface area contributed by atoms with Gasteiger partial charge in [0.25, 0.3) is 0 Å². The van der Waals surface area contributed by atoms with Crippen LogP contribution in [-0.4, -0.2) is 27.6 Å². The van der Waals surface area contributed by atoms with Crippen LogP contribution in [0, 0.1) is 13.8 Å². The Morgan fingerprint density at radius 3 is 2.84 bits per heavy atom. The fraction of sp³-hybridized carbons (Fsp3) is 0.357. The van der Waals surface area contributed by atoms with Gasteiger partial charge in [-0.1, -0.05) is 24.3 Å². The zero-order chi connectivity index (χ0) is 13.8. The Kier molecular flexibility index (Phi) is 3.94. The normalized spacial score (nSPS) is 10.5. The number of nitrogens with zero attached hydrogens (tertiary/aromatic N) is 3. The minimum atomic E-state index is -0.418. The molecule has 19 heavy (non-hydrogen) atoms. The lowest BCUT2D eigenvalue weighted by atomic mass is 10.2. The van der Waals surface area contributed by atoms with Crippen LogP contribution < -0.4 is 0 Å². The second-order valence-corrected chi connectivity index (χ2v) is 4.41. The summed E-state index contributed by atoms with van der Waals surface area (Å²) in [5, 5.41) is 7.94. The van der Waals surface area contributed by atoms with Crippen molar-refractivity contribution in [2.24, 2.45) is 0 Å². The second kappa shape index (κ2) is 5.65. The number of ether oxygens (including phenoxy) is 1. The lowest BCUT2D eigenvalue weighted by Crippen LogP contribution is -2.08. The van der Waals surface area contributed by atoms with Crippen LogP contribution in [0.1, 0.15) is 35.1 Å². The topological polar surface area (TPSA) is 57.0 Å². The van der Waals surface area contributed by atoms with Crippen molar-refractivity contribution in [3.05, 3.63) is 41.2 Å². The molecule has 0 spiro atoms. The summed E-state index contributed by atoms with van der Waals surface area (Å²) >= 11 is 0. The molecule has 0 aliphatic heterocycles. The summed E-state index contributed by atoms with van der Waals surface area (Å²) in [6.45, 7) is 6.16. The highest BCUT2D eigenvalue weighted by atomic mass is 16.5. The van der Waals surface area contributed by atoms with Crippen molar-refractivity contribution in [3.8, 4) is 5.69 Å². The third-order valence-electron chi connectivity index (χ3n) is 2.77. The molecule has 0 saturated carbocycles. The molecule has 0 unspecified atom stereocenters. The fourth-order valence-electron chi connectivity index (χ4n) is 1.79. The number of esters is 1. The van der Waals surface area contributed by atoms with Crippen molar-refractivity contribution < 1.29 is 9.53 Å². The summed E-state index contributed by atoms with van der Waals surface area (Å²) in [4.78, 5) is 11.8. The summed E-state index contributed by atoms with van der Waals surface area (Å²) in [7, 11) is 0. The molecule has 0 bridgehead atoms. The highest BCUT2D eigenvalue weighted by molar-refractivity contribution is 5.88. The van der Waals surface area contributed by atoms with Crippen LogP contribution in [0.4, 0.5) is 0 Å². The average Bonchev–Trinajstić information content (AvgIpc) is 2.78. The summed E-state index contributed by atoms with van der Waals surface area (Å²) < 4.78 is 6.72. The Morgan fingerprint density at radius 1 is 1.37 bits per heavy atom. The van der Waals surface area contributed by atoms with Crippen LogP contribution in [0.25, 0.3) is 5.69 Å². The van der Waals surface area contributed by atoms with Gasteiger partial charge in [-0.25, -0.2) is 9.48 Å². The largest absolute Gasteiger partial charge is 0.461 e. The van der Waals surface area contributed by atoms with Crippen molar-refractivity contribution in [3.63, 3.8) is 0 Å². The first kappa shape index (κ1) is 13.3. The van der Waals surface area contributed by atoms with Crippen LogP contribution in [0.5, 0.6) is 0 Å². The van der Waals surface area contributed by atoms with Crippen molar-refractivity contribution in [1.82, 2.24) is 15.0 Å². The summed E-state index contributed by atoms with van der Waals surface area (Å²) in [6, 6.07) is 7.87. The van der Waals surface area contributed by atoms with E-state index in [2.05, 4.69) is 10.3 Å². The number of carbonyl (C=O) groups is 1. The predicted molar refractivity (Wildman–Crippen MR) is 71.4 cm³/mol. The van der Waals surface area contributed by atoms with Crippen molar-refractivity contribution in [1.29, 1.82) is 0 Å². The molecule has 5 nitrogen and oxygen atoms in total. The zero-order valence-electron chi connectivity index (χ0n) is 11.4. The molecule has 0 N–H and O–H groups in total. The molecule has 2 rings (SSSR count). The molecule has 1 heterocycles. The molecule has 0 fully saturated rings. The van der Waals surface area contributed by atoms with E-state index in [0.29, 0.717) is 12.3 Å². The SMILES string of the molecule is CCCOC(=O)c1nnn(-c2cccc(C)c2)c1C. The standard InChI is InChI=1S/C14H17N3O2/c1-4-8-19-14(18)13-11(3)17(16-15-13)12-7-5-6-10(2)9-12/h5-7,9H,4,8H2,1-3H3. The van der Waals surface area contributed by atoms with Gasteiger partial charge < -0.3 is 4.74 Å². The van der Waals surface area contributed by atoms with Crippen molar-refractivity contribution >= 4 is 5.97 Å². The van der Waals surface area contributed by atoms with Crippen molar-refractivity contribution in [2.45, 2.75) is 27.2 Å². The predicted octanol–water partition coefficient (Wildman–Crippen LogP) is 2.45. The maximum atomic E-state index is 11.8. The molecule has 0 amide bonds. The van der Waals surface area contributed by atoms with E-state index >= 15 is 0 Å². The Balaban J connectivity index is 2.30. The highest BCUT2D eigenvalue weighted by Gasteiger charge is 2.18. The van der Waals surface area contributed by atoms with Crippen molar-refractivity contribution in [2.75, 3.05) is 6.61 Å². The molecule has 100 valence electrons. The molecule has 2 aromatic rings. The average molecular weight is 259 g/mol. The lowest BCUT2D eigenvalue weighted by Gasteiger charge is -2.04. The van der Waals surface area contributed by atoms with E-state index < -0.39 is 5.97 Å². The maximum Gasteiger partial charge on any atom is 0.360 e. The van der Waals surface area contributed by atoms with Gasteiger partial charge in [0.1, 0.15) is 0 Å². The summed E-state index contributed by atoms with van der Waals surface area (Å²) in [6.07, 6.45) is 0.788. The molecule has 1 aromatic carbocycles. The van der Waals surface area contributed by atoms with Crippen LogP contribution in [0.2, 0.25) is 0 Å². The maximum absolute atomic E-state index is 11.8. The second-order valence-electron chi connectivity index (χ2n) is 4.41. The third kappa shape index (κ3) is 2.81. The molecule has 0 aliphatic rings. The fourth-order valence-corrected chi connectivity index (χ4v) is 1.79. The van der Waals surface area contributed by atoms with Gasteiger partial charge in [-0.3, -0.25) is 0 Å². The van der Waals surface area contributed by atoms with E-state index in [-0.39, 0.29) is 5.69 Å². The van der Waals surface area contributed by atoms with Gasteiger partial charge in [-0.05, 0) is 38.0 Å². The van der Waals surface area contributed by atoms with E-state index in [0.717, 1.165) is 17.7 Å². The number of aryl methyl sites for hydroxylation is 1. The quantitative estimate of drug-likeness (QED) is 0.791. The Bertz CT molecular complexity index is 590. The number of aromatic nitrogens is 3. The van der Waals surface area contributed by atoms with Crippen LogP contribution in [-0.2, 0) is 4.74 Å². The van der Waals surface area contributed by atoms with E-state index in [9.17, 15) is 4.79 Å². The summed E-state index contributed by atoms with van der Waals surface area (Å²) in [5.74, 6) is -0.418. The molecular formula is C14H17N3O2. The van der Waals surface area contributed by atoms with Gasteiger partial charge in [-0.15, -0.1) is 5.10 Å². The van der Waals surface area contributed by atoms with Gasteiger partial charge in [0.05, 0.1) is 18.0 Å². The first-order chi connectivity index (χ1) is 9.13. The monoisotopic (exact) mass is 259 g/mol. The molecule has 0 saturated heterocycles. The number of rotatable bonds is 4. The smallest absolute Gasteiger partial charge is 0.360 e. The first-order valence-electron chi connectivity index (χ1n) is 6.30. The Morgan fingerprint density at radius 2 is 2.16 bits per heavy atom. The Hall–Kier alpha value is -2.17. The highest BCUT2D eigenvalue weighted by Crippen LogP contribution is 2.14.